The second-order valence-corrected chi connectivity index (χ2v) is 11.5. The maximum atomic E-state index is 13.0. The van der Waals surface area contributed by atoms with Crippen molar-refractivity contribution in [1.82, 2.24) is 29.5 Å². The zero-order chi connectivity index (χ0) is 34.2. The summed E-state index contributed by atoms with van der Waals surface area (Å²) in [6.07, 6.45) is 1.08. The smallest absolute Gasteiger partial charge is 0.417 e. The van der Waals surface area contributed by atoms with Crippen molar-refractivity contribution in [3.8, 4) is 51.5 Å². The van der Waals surface area contributed by atoms with Crippen LogP contribution in [0.25, 0.3) is 50.3 Å². The van der Waals surface area contributed by atoms with Crippen molar-refractivity contribution in [1.29, 1.82) is 0 Å². The fourth-order valence-corrected chi connectivity index (χ4v) is 5.75. The van der Waals surface area contributed by atoms with Gasteiger partial charge in [-0.1, -0.05) is 30.3 Å². The van der Waals surface area contributed by atoms with Gasteiger partial charge in [0.2, 0.25) is 5.95 Å². The Hall–Kier alpha value is -6.62. The quantitative estimate of drug-likeness (QED) is 0.167. The lowest BCUT2D eigenvalue weighted by Gasteiger charge is -2.10. The van der Waals surface area contributed by atoms with Crippen molar-refractivity contribution in [2.75, 3.05) is 0 Å². The second-order valence-electron chi connectivity index (χ2n) is 11.5. The number of ether oxygens (including phenoxy) is 2. The molecule has 0 radical (unpaired) electrons. The van der Waals surface area contributed by atoms with Crippen LogP contribution in [0.4, 0.5) is 13.2 Å². The normalized spacial score (nSPS) is 11.6. The molecule has 0 atom stereocenters. The molecule has 11 heteroatoms. The molecule has 0 N–H and O–H groups in total. The third kappa shape index (κ3) is 6.08. The highest BCUT2D eigenvalue weighted by Gasteiger charge is 2.30. The number of benzene rings is 4. The Labute approximate surface area is 283 Å². The van der Waals surface area contributed by atoms with E-state index in [0.717, 1.165) is 50.9 Å². The van der Waals surface area contributed by atoms with Crippen LogP contribution in [0.3, 0.4) is 0 Å². The van der Waals surface area contributed by atoms with E-state index in [9.17, 15) is 13.2 Å². The highest BCUT2D eigenvalue weighted by atomic mass is 19.4. The van der Waals surface area contributed by atoms with Gasteiger partial charge in [0.05, 0.1) is 28.0 Å². The Kier molecular flexibility index (Phi) is 7.64. The first kappa shape index (κ1) is 30.7. The molecule has 50 heavy (non-hydrogen) atoms. The number of rotatable bonds is 7. The molecule has 0 saturated carbocycles. The second kappa shape index (κ2) is 12.4. The van der Waals surface area contributed by atoms with E-state index in [4.69, 9.17) is 9.47 Å². The lowest BCUT2D eigenvalue weighted by Crippen LogP contribution is -2.05. The zero-order valence-corrected chi connectivity index (χ0v) is 26.3. The van der Waals surface area contributed by atoms with Crippen LogP contribution in [0.1, 0.15) is 11.1 Å². The number of hydrogen-bond donors (Lipinski definition) is 0. The van der Waals surface area contributed by atoms with Crippen molar-refractivity contribution >= 4 is 21.8 Å². The molecule has 4 aromatic heterocycles. The van der Waals surface area contributed by atoms with E-state index in [1.807, 2.05) is 90.5 Å². The minimum absolute atomic E-state index is 0.394. The number of aromatic nitrogens is 6. The lowest BCUT2D eigenvalue weighted by atomic mass is 10.1. The first-order valence-corrected chi connectivity index (χ1v) is 15.5. The van der Waals surface area contributed by atoms with E-state index in [-0.39, 0.29) is 0 Å². The summed E-state index contributed by atoms with van der Waals surface area (Å²) in [5, 5.41) is 1.89. The highest BCUT2D eigenvalue weighted by Crippen LogP contribution is 2.38. The van der Waals surface area contributed by atoms with E-state index >= 15 is 0 Å². The molecule has 0 saturated heterocycles. The van der Waals surface area contributed by atoms with Gasteiger partial charge in [0, 0.05) is 46.4 Å². The van der Waals surface area contributed by atoms with Crippen LogP contribution in [-0.4, -0.2) is 29.5 Å². The predicted octanol–water partition coefficient (Wildman–Crippen LogP) is 10.0. The van der Waals surface area contributed by atoms with Crippen molar-refractivity contribution in [2.45, 2.75) is 13.1 Å². The summed E-state index contributed by atoms with van der Waals surface area (Å²) in [5.74, 6) is 2.72. The average molecular weight is 667 g/mol. The van der Waals surface area contributed by atoms with Crippen LogP contribution in [0.5, 0.6) is 23.0 Å². The van der Waals surface area contributed by atoms with E-state index < -0.39 is 11.7 Å². The number of fused-ring (bicyclic) bond motifs is 3. The topological polar surface area (TPSA) is 87.8 Å². The Morgan fingerprint density at radius 1 is 0.560 bits per heavy atom. The lowest BCUT2D eigenvalue weighted by molar-refractivity contribution is -0.137. The first-order valence-electron chi connectivity index (χ1n) is 15.5. The molecule has 0 amide bonds. The van der Waals surface area contributed by atoms with Gasteiger partial charge in [-0.25, -0.2) is 15.0 Å². The molecule has 4 aromatic carbocycles. The molecule has 0 aliphatic carbocycles. The molecule has 0 aliphatic heterocycles. The van der Waals surface area contributed by atoms with Crippen molar-refractivity contribution in [2.24, 2.45) is 0 Å². The molecule has 0 spiro atoms. The molecule has 0 fully saturated rings. The number of halogens is 3. The van der Waals surface area contributed by atoms with Gasteiger partial charge in [-0.15, -0.1) is 0 Å². The van der Waals surface area contributed by atoms with Gasteiger partial charge in [-0.2, -0.15) is 13.2 Å². The van der Waals surface area contributed by atoms with Gasteiger partial charge in [-0.05, 0) is 79.2 Å². The van der Waals surface area contributed by atoms with Crippen molar-refractivity contribution in [3.63, 3.8) is 0 Å². The largest absolute Gasteiger partial charge is 0.457 e. The SMILES string of the molecule is Cc1ccc(-c2cccc(Oc3ccc4c5ccc(Oc6cccc(-c7ccc(C(F)(F)F)cn7)c6)cc5n(-c5ncncn5)c4c3)c2)nc1. The molecule has 0 unspecified atom stereocenters. The van der Waals surface area contributed by atoms with Gasteiger partial charge in [0.25, 0.3) is 0 Å². The zero-order valence-electron chi connectivity index (χ0n) is 26.3. The Morgan fingerprint density at radius 3 is 1.60 bits per heavy atom. The van der Waals surface area contributed by atoms with E-state index in [1.54, 1.807) is 24.3 Å². The first-order chi connectivity index (χ1) is 24.3. The highest BCUT2D eigenvalue weighted by molar-refractivity contribution is 6.09. The molecule has 4 heterocycles. The molecule has 0 bridgehead atoms. The number of aryl methyl sites for hydroxylation is 1. The van der Waals surface area contributed by atoms with Gasteiger partial charge in [0.1, 0.15) is 35.7 Å². The van der Waals surface area contributed by atoms with Crippen LogP contribution in [0, 0.1) is 6.92 Å². The number of hydrogen-bond acceptors (Lipinski definition) is 7. The fraction of sp³-hybridized carbons (Fsp3) is 0.0513. The van der Waals surface area contributed by atoms with E-state index in [1.165, 1.54) is 18.7 Å². The molecule has 244 valence electrons. The third-order valence-electron chi connectivity index (χ3n) is 8.12. The number of nitrogens with zero attached hydrogens (tertiary/aromatic N) is 6. The Morgan fingerprint density at radius 2 is 1.10 bits per heavy atom. The van der Waals surface area contributed by atoms with E-state index in [0.29, 0.717) is 40.2 Å². The van der Waals surface area contributed by atoms with Crippen LogP contribution >= 0.6 is 0 Å². The van der Waals surface area contributed by atoms with Crippen molar-refractivity contribution < 1.29 is 22.6 Å². The van der Waals surface area contributed by atoms with Crippen LogP contribution < -0.4 is 9.47 Å². The molecule has 8 aromatic rings. The van der Waals surface area contributed by atoms with Crippen LogP contribution in [0.15, 0.2) is 134 Å². The summed E-state index contributed by atoms with van der Waals surface area (Å²) in [7, 11) is 0. The summed E-state index contributed by atoms with van der Waals surface area (Å²) < 4.78 is 53.7. The van der Waals surface area contributed by atoms with Crippen LogP contribution in [0.2, 0.25) is 0 Å². The molecular weight excluding hydrogens is 641 g/mol. The van der Waals surface area contributed by atoms with Crippen molar-refractivity contribution in [3.05, 3.63) is 145 Å². The fourth-order valence-electron chi connectivity index (χ4n) is 5.75. The number of alkyl halides is 3. The van der Waals surface area contributed by atoms with Gasteiger partial charge < -0.3 is 9.47 Å². The monoisotopic (exact) mass is 666 g/mol. The van der Waals surface area contributed by atoms with Gasteiger partial charge in [-0.3, -0.25) is 14.5 Å². The summed E-state index contributed by atoms with van der Waals surface area (Å²) in [6.45, 7) is 2.00. The average Bonchev–Trinajstić information content (AvgIpc) is 3.45. The molecule has 0 aliphatic rings. The molecule has 8 rings (SSSR count). The minimum Gasteiger partial charge on any atom is -0.457 e. The summed E-state index contributed by atoms with van der Waals surface area (Å²) in [4.78, 5) is 21.4. The summed E-state index contributed by atoms with van der Waals surface area (Å²) >= 11 is 0. The van der Waals surface area contributed by atoms with Gasteiger partial charge >= 0.3 is 6.18 Å². The Bertz CT molecular complexity index is 2480. The number of pyridine rings is 2. The maximum absolute atomic E-state index is 13.0. The van der Waals surface area contributed by atoms with Gasteiger partial charge in [0.15, 0.2) is 0 Å². The van der Waals surface area contributed by atoms with Crippen LogP contribution in [-0.2, 0) is 6.18 Å². The summed E-state index contributed by atoms with van der Waals surface area (Å²) in [6, 6.07) is 32.7. The molecular formula is C39H25F3N6O2. The minimum atomic E-state index is -4.46. The van der Waals surface area contributed by atoms with E-state index in [2.05, 4.69) is 24.9 Å². The predicted molar refractivity (Wildman–Crippen MR) is 183 cm³/mol. The third-order valence-corrected chi connectivity index (χ3v) is 8.12. The maximum Gasteiger partial charge on any atom is 0.417 e. The molecule has 8 nitrogen and oxygen atoms in total. The Balaban J connectivity index is 1.14. The standard InChI is InChI=1S/C39H25F3N6O2/c1-24-8-14-34(44-20-24)25-4-2-6-28(16-25)49-30-10-12-32-33-13-11-31(19-37(33)48(36(32)18-30)38-46-22-43-23-47-38)50-29-7-3-5-26(17-29)35-15-9-27(21-45-35)39(40,41)42/h2-23H,1H3. The summed E-state index contributed by atoms with van der Waals surface area (Å²) in [5.41, 5.74) is 4.69.